The van der Waals surface area contributed by atoms with Gasteiger partial charge in [0.25, 0.3) is 0 Å². The van der Waals surface area contributed by atoms with Crippen LogP contribution in [0.4, 0.5) is 16.2 Å². The van der Waals surface area contributed by atoms with Crippen LogP contribution in [0.25, 0.3) is 11.0 Å². The molecule has 176 valence electrons. The molecule has 0 aliphatic rings. The predicted octanol–water partition coefficient (Wildman–Crippen LogP) is 5.30. The van der Waals surface area contributed by atoms with Crippen molar-refractivity contribution in [2.75, 3.05) is 23.1 Å². The quantitative estimate of drug-likeness (QED) is 0.475. The zero-order valence-electron chi connectivity index (χ0n) is 19.8. The summed E-state index contributed by atoms with van der Waals surface area (Å²) in [5, 5.41) is 2.75. The van der Waals surface area contributed by atoms with Gasteiger partial charge in [-0.3, -0.25) is 10.1 Å². The molecule has 3 rings (SSSR count). The molecule has 0 fully saturated rings. The van der Waals surface area contributed by atoms with Crippen LogP contribution in [0.15, 0.2) is 42.5 Å². The average Bonchev–Trinajstić information content (AvgIpc) is 3.07. The minimum absolute atomic E-state index is 0.0555. The van der Waals surface area contributed by atoms with Gasteiger partial charge in [-0.1, -0.05) is 12.1 Å². The summed E-state index contributed by atoms with van der Waals surface area (Å²) in [5.41, 5.74) is 4.02. The Morgan fingerprint density at radius 2 is 1.82 bits per heavy atom. The molecule has 0 bridgehead atoms. The van der Waals surface area contributed by atoms with Gasteiger partial charge in [0.05, 0.1) is 11.0 Å². The van der Waals surface area contributed by atoms with E-state index in [9.17, 15) is 9.59 Å². The maximum absolute atomic E-state index is 11.9. The lowest BCUT2D eigenvalue weighted by Gasteiger charge is -2.19. The number of rotatable bonds is 7. The first-order valence-corrected chi connectivity index (χ1v) is 11.5. The Morgan fingerprint density at radius 3 is 2.45 bits per heavy atom. The van der Waals surface area contributed by atoms with Crippen molar-refractivity contribution in [2.45, 2.75) is 45.6 Å². The van der Waals surface area contributed by atoms with Gasteiger partial charge in [0.1, 0.15) is 17.3 Å². The molecule has 7 nitrogen and oxygen atoms in total. The molecule has 33 heavy (non-hydrogen) atoms. The van der Waals surface area contributed by atoms with Crippen molar-refractivity contribution in [3.05, 3.63) is 53.9 Å². The molecule has 0 atom stereocenters. The van der Waals surface area contributed by atoms with Crippen LogP contribution in [0.3, 0.4) is 0 Å². The molecule has 2 aromatic carbocycles. The Bertz CT molecular complexity index is 1130. The van der Waals surface area contributed by atoms with Gasteiger partial charge >= 0.3 is 6.09 Å². The summed E-state index contributed by atoms with van der Waals surface area (Å²) in [4.78, 5) is 30.1. The van der Waals surface area contributed by atoms with Crippen molar-refractivity contribution in [1.29, 1.82) is 0 Å². The number of benzene rings is 2. The number of hydrogen-bond donors (Lipinski definition) is 1. The fourth-order valence-corrected chi connectivity index (χ4v) is 3.71. The number of alkyl halides is 1. The summed E-state index contributed by atoms with van der Waals surface area (Å²) in [6.45, 7) is 5.50. The minimum atomic E-state index is -0.529. The number of anilines is 2. The van der Waals surface area contributed by atoms with Gasteiger partial charge in [-0.25, -0.2) is 9.78 Å². The third kappa shape index (κ3) is 6.48. The Labute approximate surface area is 199 Å². The summed E-state index contributed by atoms with van der Waals surface area (Å²) in [6.07, 6.45) is 2.20. The maximum atomic E-state index is 11.9. The SMILES string of the molecule is CN(C(=O)CCl)c1ccc2c(c1)nc(CCCc1ccc(NC(=O)OC(C)(C)C)cc1)n2C. The van der Waals surface area contributed by atoms with Crippen molar-refractivity contribution in [3.8, 4) is 0 Å². The highest BCUT2D eigenvalue weighted by Crippen LogP contribution is 2.23. The number of ether oxygens (including phenoxy) is 1. The molecule has 0 unspecified atom stereocenters. The van der Waals surface area contributed by atoms with E-state index in [-0.39, 0.29) is 11.8 Å². The number of halogens is 1. The normalized spacial score (nSPS) is 11.5. The van der Waals surface area contributed by atoms with Crippen molar-refractivity contribution >= 4 is 46.0 Å². The molecule has 3 aromatic rings. The van der Waals surface area contributed by atoms with Crippen LogP contribution < -0.4 is 10.2 Å². The van der Waals surface area contributed by atoms with E-state index in [0.29, 0.717) is 5.69 Å². The Morgan fingerprint density at radius 1 is 1.12 bits per heavy atom. The second kappa shape index (κ2) is 10.3. The van der Waals surface area contributed by atoms with Crippen LogP contribution in [-0.2, 0) is 29.4 Å². The third-order valence-corrected chi connectivity index (χ3v) is 5.53. The summed E-state index contributed by atoms with van der Waals surface area (Å²) in [5.74, 6) is 0.788. The lowest BCUT2D eigenvalue weighted by Crippen LogP contribution is -2.27. The number of hydrogen-bond acceptors (Lipinski definition) is 4. The molecule has 0 saturated heterocycles. The molecule has 0 aliphatic carbocycles. The van der Waals surface area contributed by atoms with Gasteiger partial charge < -0.3 is 14.2 Å². The van der Waals surface area contributed by atoms with E-state index in [0.717, 1.165) is 41.8 Å². The van der Waals surface area contributed by atoms with E-state index in [1.54, 1.807) is 11.9 Å². The highest BCUT2D eigenvalue weighted by atomic mass is 35.5. The smallest absolute Gasteiger partial charge is 0.412 e. The van der Waals surface area contributed by atoms with Crippen LogP contribution in [0.1, 0.15) is 38.6 Å². The molecule has 0 radical (unpaired) electrons. The molecular weight excluding hydrogens is 440 g/mol. The standard InChI is InChI=1S/C25H31ClN4O3/c1-25(2,3)33-24(32)27-18-11-9-17(10-12-18)7-6-8-22-28-20-15-19(29(4)23(31)16-26)13-14-21(20)30(22)5/h9-15H,6-8,16H2,1-5H3,(H,27,32). The van der Waals surface area contributed by atoms with Crippen LogP contribution in [0.5, 0.6) is 0 Å². The topological polar surface area (TPSA) is 76.5 Å². The zero-order valence-corrected chi connectivity index (χ0v) is 20.6. The number of imidazole rings is 1. The van der Waals surface area contributed by atoms with Crippen molar-refractivity contribution in [3.63, 3.8) is 0 Å². The molecule has 0 spiro atoms. The lowest BCUT2D eigenvalue weighted by atomic mass is 10.1. The van der Waals surface area contributed by atoms with E-state index in [1.807, 2.05) is 70.3 Å². The Balaban J connectivity index is 1.59. The second-order valence-corrected chi connectivity index (χ2v) is 9.29. The molecular formula is C25H31ClN4O3. The Hall–Kier alpha value is -3.06. The van der Waals surface area contributed by atoms with E-state index >= 15 is 0 Å². The summed E-state index contributed by atoms with van der Waals surface area (Å²) in [7, 11) is 3.72. The first-order valence-electron chi connectivity index (χ1n) is 10.9. The third-order valence-electron chi connectivity index (χ3n) is 5.30. The second-order valence-electron chi connectivity index (χ2n) is 9.02. The average molecular weight is 471 g/mol. The van der Waals surface area contributed by atoms with Crippen molar-refractivity contribution in [2.24, 2.45) is 7.05 Å². The summed E-state index contributed by atoms with van der Waals surface area (Å²) >= 11 is 5.67. The first kappa shape index (κ1) is 24.6. The van der Waals surface area contributed by atoms with Crippen LogP contribution >= 0.6 is 11.6 Å². The summed E-state index contributed by atoms with van der Waals surface area (Å²) in [6, 6.07) is 13.6. The van der Waals surface area contributed by atoms with Gasteiger partial charge in [-0.05, 0) is 69.5 Å². The van der Waals surface area contributed by atoms with Crippen LogP contribution in [0.2, 0.25) is 0 Å². The van der Waals surface area contributed by atoms with E-state index in [1.165, 1.54) is 5.56 Å². The number of carbonyl (C=O) groups excluding carboxylic acids is 2. The zero-order chi connectivity index (χ0) is 24.2. The predicted molar refractivity (Wildman–Crippen MR) is 133 cm³/mol. The molecule has 1 heterocycles. The fourth-order valence-electron chi connectivity index (χ4n) is 3.53. The summed E-state index contributed by atoms with van der Waals surface area (Å²) < 4.78 is 7.37. The number of aryl methyl sites for hydroxylation is 3. The highest BCUT2D eigenvalue weighted by molar-refractivity contribution is 6.29. The fraction of sp³-hybridized carbons (Fsp3) is 0.400. The van der Waals surface area contributed by atoms with Gasteiger partial charge in [-0.2, -0.15) is 0 Å². The highest BCUT2D eigenvalue weighted by Gasteiger charge is 2.16. The number of nitrogens with zero attached hydrogens (tertiary/aromatic N) is 3. The number of fused-ring (bicyclic) bond motifs is 1. The molecule has 0 aliphatic heterocycles. The van der Waals surface area contributed by atoms with E-state index < -0.39 is 11.7 Å². The number of amides is 2. The maximum Gasteiger partial charge on any atom is 0.412 e. The number of nitrogens with one attached hydrogen (secondary N) is 1. The van der Waals surface area contributed by atoms with Crippen LogP contribution in [-0.4, -0.2) is 40.1 Å². The number of aromatic nitrogens is 2. The van der Waals surface area contributed by atoms with Crippen LogP contribution in [0, 0.1) is 0 Å². The largest absolute Gasteiger partial charge is 0.444 e. The van der Waals surface area contributed by atoms with Crippen molar-refractivity contribution in [1.82, 2.24) is 9.55 Å². The van der Waals surface area contributed by atoms with Crippen molar-refractivity contribution < 1.29 is 14.3 Å². The number of carbonyl (C=O) groups is 2. The van der Waals surface area contributed by atoms with Gasteiger partial charge in [-0.15, -0.1) is 11.6 Å². The molecule has 8 heteroatoms. The first-order chi connectivity index (χ1) is 15.6. The van der Waals surface area contributed by atoms with E-state index in [4.69, 9.17) is 21.3 Å². The van der Waals surface area contributed by atoms with Gasteiger partial charge in [0, 0.05) is 31.9 Å². The monoisotopic (exact) mass is 470 g/mol. The van der Waals surface area contributed by atoms with Gasteiger partial charge in [0.15, 0.2) is 0 Å². The van der Waals surface area contributed by atoms with E-state index in [2.05, 4.69) is 9.88 Å². The minimum Gasteiger partial charge on any atom is -0.444 e. The molecule has 1 aromatic heterocycles. The Kier molecular flexibility index (Phi) is 7.64. The van der Waals surface area contributed by atoms with Gasteiger partial charge in [0.2, 0.25) is 5.91 Å². The molecule has 1 N–H and O–H groups in total. The molecule has 2 amide bonds. The lowest BCUT2D eigenvalue weighted by molar-refractivity contribution is -0.116. The molecule has 0 saturated carbocycles.